The molecule has 4 heteroatoms. The molecule has 0 unspecified atom stereocenters. The van der Waals surface area contributed by atoms with Gasteiger partial charge in [0.1, 0.15) is 17.6 Å². The zero-order chi connectivity index (χ0) is 14.5. The maximum Gasteiger partial charge on any atom is 0.318 e. The quantitative estimate of drug-likeness (QED) is 0.797. The SMILES string of the molecule is CCOC(=O)C(c1ccccc1F)c1ccccc1F. The number of hydrogen-bond acceptors (Lipinski definition) is 2. The van der Waals surface area contributed by atoms with Crippen molar-refractivity contribution in [2.24, 2.45) is 0 Å². The molecule has 2 aromatic carbocycles. The van der Waals surface area contributed by atoms with Gasteiger partial charge in [0.15, 0.2) is 0 Å². The minimum Gasteiger partial charge on any atom is -0.465 e. The molecular weight excluding hydrogens is 262 g/mol. The minimum atomic E-state index is -1.10. The van der Waals surface area contributed by atoms with E-state index in [0.717, 1.165) is 0 Å². The Morgan fingerprint density at radius 2 is 1.45 bits per heavy atom. The zero-order valence-electron chi connectivity index (χ0n) is 11.0. The van der Waals surface area contributed by atoms with Crippen molar-refractivity contribution in [2.45, 2.75) is 12.8 Å². The second-order valence-electron chi connectivity index (χ2n) is 4.23. The van der Waals surface area contributed by atoms with Gasteiger partial charge in [0, 0.05) is 11.1 Å². The van der Waals surface area contributed by atoms with Crippen LogP contribution in [-0.2, 0) is 9.53 Å². The normalized spacial score (nSPS) is 10.6. The molecule has 0 aliphatic rings. The Kier molecular flexibility index (Phi) is 4.45. The summed E-state index contributed by atoms with van der Waals surface area (Å²) in [6.45, 7) is 1.80. The van der Waals surface area contributed by atoms with E-state index in [1.807, 2.05) is 0 Å². The van der Waals surface area contributed by atoms with Crippen LogP contribution in [0.25, 0.3) is 0 Å². The molecule has 0 radical (unpaired) electrons. The first-order valence-electron chi connectivity index (χ1n) is 6.30. The number of carbonyl (C=O) groups is 1. The largest absolute Gasteiger partial charge is 0.465 e. The van der Waals surface area contributed by atoms with Gasteiger partial charge < -0.3 is 4.74 Å². The minimum absolute atomic E-state index is 0.107. The number of hydrogen-bond donors (Lipinski definition) is 0. The highest BCUT2D eigenvalue weighted by Gasteiger charge is 2.28. The lowest BCUT2D eigenvalue weighted by atomic mass is 9.90. The fourth-order valence-electron chi connectivity index (χ4n) is 2.07. The number of ether oxygens (including phenoxy) is 1. The maximum atomic E-state index is 13.9. The third-order valence-electron chi connectivity index (χ3n) is 2.95. The van der Waals surface area contributed by atoms with Gasteiger partial charge in [-0.05, 0) is 19.1 Å². The molecule has 0 fully saturated rings. The standard InChI is InChI=1S/C16H14F2O2/c1-2-20-16(19)15(11-7-3-5-9-13(11)17)12-8-4-6-10-14(12)18/h3-10,15H,2H2,1H3. The predicted molar refractivity (Wildman–Crippen MR) is 71.3 cm³/mol. The predicted octanol–water partition coefficient (Wildman–Crippen LogP) is 3.66. The highest BCUT2D eigenvalue weighted by Crippen LogP contribution is 2.29. The van der Waals surface area contributed by atoms with Gasteiger partial charge in [-0.3, -0.25) is 4.79 Å². The van der Waals surface area contributed by atoms with E-state index in [1.165, 1.54) is 36.4 Å². The Labute approximate surface area is 116 Å². The van der Waals surface area contributed by atoms with Crippen molar-refractivity contribution in [1.29, 1.82) is 0 Å². The first kappa shape index (κ1) is 14.2. The van der Waals surface area contributed by atoms with E-state index >= 15 is 0 Å². The van der Waals surface area contributed by atoms with Crippen LogP contribution < -0.4 is 0 Å². The van der Waals surface area contributed by atoms with Crippen molar-refractivity contribution in [2.75, 3.05) is 6.61 Å². The van der Waals surface area contributed by atoms with E-state index in [9.17, 15) is 13.6 Å². The molecule has 104 valence electrons. The van der Waals surface area contributed by atoms with Gasteiger partial charge in [-0.25, -0.2) is 8.78 Å². The Balaban J connectivity index is 2.54. The molecule has 0 saturated carbocycles. The van der Waals surface area contributed by atoms with Crippen LogP contribution in [0.3, 0.4) is 0 Å². The molecule has 0 bridgehead atoms. The van der Waals surface area contributed by atoms with Crippen LogP contribution in [0.5, 0.6) is 0 Å². The average Bonchev–Trinajstić information content (AvgIpc) is 2.43. The number of esters is 1. The van der Waals surface area contributed by atoms with Crippen molar-refractivity contribution in [3.63, 3.8) is 0 Å². The van der Waals surface area contributed by atoms with Crippen LogP contribution in [-0.4, -0.2) is 12.6 Å². The van der Waals surface area contributed by atoms with Gasteiger partial charge in [-0.2, -0.15) is 0 Å². The first-order chi connectivity index (χ1) is 9.65. The van der Waals surface area contributed by atoms with Gasteiger partial charge in [0.05, 0.1) is 6.61 Å². The van der Waals surface area contributed by atoms with Crippen LogP contribution in [0.1, 0.15) is 24.0 Å². The molecule has 20 heavy (non-hydrogen) atoms. The Morgan fingerprint density at radius 3 is 1.85 bits per heavy atom. The number of benzene rings is 2. The van der Waals surface area contributed by atoms with Crippen molar-refractivity contribution >= 4 is 5.97 Å². The van der Waals surface area contributed by atoms with Crippen LogP contribution in [0, 0.1) is 11.6 Å². The van der Waals surface area contributed by atoms with Crippen LogP contribution >= 0.6 is 0 Å². The van der Waals surface area contributed by atoms with E-state index < -0.39 is 23.5 Å². The van der Waals surface area contributed by atoms with Gasteiger partial charge in [-0.1, -0.05) is 36.4 Å². The fourth-order valence-corrected chi connectivity index (χ4v) is 2.07. The fraction of sp³-hybridized carbons (Fsp3) is 0.188. The third kappa shape index (κ3) is 2.85. The molecule has 0 aliphatic carbocycles. The van der Waals surface area contributed by atoms with Gasteiger partial charge in [0.25, 0.3) is 0 Å². The van der Waals surface area contributed by atoms with E-state index in [0.29, 0.717) is 0 Å². The number of rotatable bonds is 4. The second-order valence-corrected chi connectivity index (χ2v) is 4.23. The third-order valence-corrected chi connectivity index (χ3v) is 2.95. The zero-order valence-corrected chi connectivity index (χ0v) is 11.0. The lowest BCUT2D eigenvalue weighted by Crippen LogP contribution is -2.19. The molecule has 2 nitrogen and oxygen atoms in total. The molecule has 2 aromatic rings. The average molecular weight is 276 g/mol. The maximum absolute atomic E-state index is 13.9. The molecule has 0 aromatic heterocycles. The molecule has 0 heterocycles. The Morgan fingerprint density at radius 1 is 1.00 bits per heavy atom. The van der Waals surface area contributed by atoms with Gasteiger partial charge in [-0.15, -0.1) is 0 Å². The summed E-state index contributed by atoms with van der Waals surface area (Å²) in [6.07, 6.45) is 0. The smallest absolute Gasteiger partial charge is 0.318 e. The first-order valence-corrected chi connectivity index (χ1v) is 6.30. The molecule has 0 spiro atoms. The van der Waals surface area contributed by atoms with Gasteiger partial charge >= 0.3 is 5.97 Å². The van der Waals surface area contributed by atoms with Crippen molar-refractivity contribution in [1.82, 2.24) is 0 Å². The van der Waals surface area contributed by atoms with Crippen molar-refractivity contribution in [3.8, 4) is 0 Å². The van der Waals surface area contributed by atoms with Gasteiger partial charge in [0.2, 0.25) is 0 Å². The molecule has 0 atom stereocenters. The number of carbonyl (C=O) groups excluding carboxylic acids is 1. The summed E-state index contributed by atoms with van der Waals surface area (Å²) >= 11 is 0. The highest BCUT2D eigenvalue weighted by atomic mass is 19.1. The molecule has 0 aliphatic heterocycles. The van der Waals surface area contributed by atoms with Crippen LogP contribution in [0.2, 0.25) is 0 Å². The molecular formula is C16H14F2O2. The van der Waals surface area contributed by atoms with Crippen LogP contribution in [0.15, 0.2) is 48.5 Å². The summed E-state index contributed by atoms with van der Waals surface area (Å²) < 4.78 is 32.8. The van der Waals surface area contributed by atoms with Crippen LogP contribution in [0.4, 0.5) is 8.78 Å². The lowest BCUT2D eigenvalue weighted by molar-refractivity contribution is -0.144. The number of halogens is 2. The van der Waals surface area contributed by atoms with E-state index in [1.54, 1.807) is 19.1 Å². The summed E-state index contributed by atoms with van der Waals surface area (Å²) in [6, 6.07) is 11.6. The van der Waals surface area contributed by atoms with Crippen molar-refractivity contribution < 1.29 is 18.3 Å². The molecule has 0 amide bonds. The Bertz CT molecular complexity index is 565. The summed E-state index contributed by atoms with van der Waals surface area (Å²) in [4.78, 5) is 12.1. The topological polar surface area (TPSA) is 26.3 Å². The summed E-state index contributed by atoms with van der Waals surface area (Å²) in [5.41, 5.74) is 0.215. The molecule has 0 saturated heterocycles. The molecule has 2 rings (SSSR count). The summed E-state index contributed by atoms with van der Waals surface area (Å²) in [5, 5.41) is 0. The molecule has 0 N–H and O–H groups in total. The van der Waals surface area contributed by atoms with E-state index in [-0.39, 0.29) is 17.7 Å². The monoisotopic (exact) mass is 276 g/mol. The second kappa shape index (κ2) is 6.28. The van der Waals surface area contributed by atoms with E-state index in [4.69, 9.17) is 4.74 Å². The Hall–Kier alpha value is -2.23. The van der Waals surface area contributed by atoms with E-state index in [2.05, 4.69) is 0 Å². The summed E-state index contributed by atoms with van der Waals surface area (Å²) in [5.74, 6) is -2.89. The highest BCUT2D eigenvalue weighted by molar-refractivity contribution is 5.82. The van der Waals surface area contributed by atoms with Crippen molar-refractivity contribution in [3.05, 3.63) is 71.3 Å². The lowest BCUT2D eigenvalue weighted by Gasteiger charge is -2.17. The summed E-state index contributed by atoms with van der Waals surface area (Å²) in [7, 11) is 0.